The van der Waals surface area contributed by atoms with Gasteiger partial charge >= 0.3 is 7.12 Å². The molecule has 1 saturated carbocycles. The summed E-state index contributed by atoms with van der Waals surface area (Å²) in [4.78, 5) is 0. The minimum absolute atomic E-state index is 0.0208. The fraction of sp³-hybridized carbons (Fsp3) is 1.00. The first-order valence-electron chi connectivity index (χ1n) is 4.35. The molecular weight excluding hydrogens is 139 g/mol. The fourth-order valence-electron chi connectivity index (χ4n) is 2.02. The van der Waals surface area contributed by atoms with Crippen molar-refractivity contribution in [2.24, 2.45) is 5.92 Å². The molecule has 11 heavy (non-hydrogen) atoms. The van der Waals surface area contributed by atoms with Gasteiger partial charge in [-0.25, -0.2) is 0 Å². The van der Waals surface area contributed by atoms with Crippen LogP contribution >= 0.6 is 0 Å². The highest BCUT2D eigenvalue weighted by Crippen LogP contribution is 2.38. The van der Waals surface area contributed by atoms with Crippen LogP contribution in [0.4, 0.5) is 0 Å². The quantitative estimate of drug-likeness (QED) is 0.581. The molecular formula is C8H17BO2. The minimum atomic E-state index is 0.0208. The lowest BCUT2D eigenvalue weighted by atomic mass is 9.67. The zero-order chi connectivity index (χ0) is 8.27. The summed E-state index contributed by atoms with van der Waals surface area (Å²) in [5.74, 6) is 1.38. The topological polar surface area (TPSA) is 18.5 Å². The zero-order valence-electron chi connectivity index (χ0n) is 7.67. The Bertz CT molecular complexity index is 115. The summed E-state index contributed by atoms with van der Waals surface area (Å²) in [6.07, 6.45) is 3.91. The number of rotatable bonds is 3. The first-order chi connectivity index (χ1) is 5.29. The minimum Gasteiger partial charge on any atom is -0.414 e. The van der Waals surface area contributed by atoms with Crippen LogP contribution in [0.15, 0.2) is 0 Å². The van der Waals surface area contributed by atoms with Gasteiger partial charge in [-0.2, -0.15) is 0 Å². The molecule has 0 spiro atoms. The van der Waals surface area contributed by atoms with Gasteiger partial charge < -0.3 is 9.31 Å². The van der Waals surface area contributed by atoms with Gasteiger partial charge in [0.05, 0.1) is 0 Å². The van der Waals surface area contributed by atoms with Crippen LogP contribution in [0.25, 0.3) is 0 Å². The maximum absolute atomic E-state index is 5.23. The van der Waals surface area contributed by atoms with Gasteiger partial charge in [0.25, 0.3) is 0 Å². The lowest BCUT2D eigenvalue weighted by Crippen LogP contribution is -2.27. The molecule has 2 nitrogen and oxygen atoms in total. The third kappa shape index (κ3) is 1.97. The Hall–Kier alpha value is -0.0151. The summed E-state index contributed by atoms with van der Waals surface area (Å²) >= 11 is 0. The SMILES string of the molecule is COB(OC)[C@H]1CCC[C@@H]1C. The largest absolute Gasteiger partial charge is 0.460 e. The standard InChI is InChI=1S/C8H17BO2/c1-7-5-4-6-8(7)9(10-2)11-3/h7-8H,4-6H2,1-3H3/t7-,8-/m0/s1. The molecule has 0 aliphatic heterocycles. The van der Waals surface area contributed by atoms with Crippen molar-refractivity contribution in [1.82, 2.24) is 0 Å². The maximum Gasteiger partial charge on any atom is 0.460 e. The van der Waals surface area contributed by atoms with Gasteiger partial charge in [0.15, 0.2) is 0 Å². The van der Waals surface area contributed by atoms with Gasteiger partial charge in [-0.1, -0.05) is 26.2 Å². The lowest BCUT2D eigenvalue weighted by Gasteiger charge is -2.19. The van der Waals surface area contributed by atoms with E-state index in [1.54, 1.807) is 14.2 Å². The molecule has 0 bridgehead atoms. The van der Waals surface area contributed by atoms with Crippen LogP contribution < -0.4 is 0 Å². The molecule has 64 valence electrons. The van der Waals surface area contributed by atoms with Crippen LogP contribution in [0.2, 0.25) is 5.82 Å². The molecule has 0 aromatic heterocycles. The van der Waals surface area contributed by atoms with Gasteiger partial charge in [0, 0.05) is 14.2 Å². The molecule has 0 heterocycles. The van der Waals surface area contributed by atoms with E-state index in [1.807, 2.05) is 0 Å². The fourth-order valence-corrected chi connectivity index (χ4v) is 2.02. The molecule has 1 aliphatic carbocycles. The van der Waals surface area contributed by atoms with Crippen molar-refractivity contribution in [3.05, 3.63) is 0 Å². The van der Waals surface area contributed by atoms with E-state index in [4.69, 9.17) is 9.31 Å². The van der Waals surface area contributed by atoms with Gasteiger partial charge in [0.1, 0.15) is 0 Å². The summed E-state index contributed by atoms with van der Waals surface area (Å²) in [5, 5.41) is 0. The molecule has 0 aromatic rings. The summed E-state index contributed by atoms with van der Waals surface area (Å²) in [6, 6.07) is 0. The Morgan fingerprint density at radius 3 is 2.18 bits per heavy atom. The molecule has 0 radical (unpaired) electrons. The molecule has 3 heteroatoms. The van der Waals surface area contributed by atoms with Gasteiger partial charge in [-0.3, -0.25) is 0 Å². The van der Waals surface area contributed by atoms with Crippen molar-refractivity contribution in [3.8, 4) is 0 Å². The van der Waals surface area contributed by atoms with Crippen molar-refractivity contribution in [3.63, 3.8) is 0 Å². The normalized spacial score (nSPS) is 30.8. The zero-order valence-corrected chi connectivity index (χ0v) is 7.67. The van der Waals surface area contributed by atoms with Crippen LogP contribution in [-0.4, -0.2) is 21.3 Å². The van der Waals surface area contributed by atoms with E-state index in [0.29, 0.717) is 5.82 Å². The van der Waals surface area contributed by atoms with Crippen molar-refractivity contribution in [2.45, 2.75) is 32.0 Å². The third-order valence-electron chi connectivity index (χ3n) is 2.74. The first-order valence-corrected chi connectivity index (χ1v) is 4.35. The molecule has 1 aliphatic rings. The van der Waals surface area contributed by atoms with Crippen molar-refractivity contribution < 1.29 is 9.31 Å². The van der Waals surface area contributed by atoms with Gasteiger partial charge in [0.2, 0.25) is 0 Å². The maximum atomic E-state index is 5.23. The molecule has 0 saturated heterocycles. The van der Waals surface area contributed by atoms with Crippen LogP contribution in [0.3, 0.4) is 0 Å². The second kappa shape index (κ2) is 4.12. The second-order valence-corrected chi connectivity index (χ2v) is 3.41. The summed E-state index contributed by atoms with van der Waals surface area (Å²) in [6.45, 7) is 2.28. The van der Waals surface area contributed by atoms with E-state index in [9.17, 15) is 0 Å². The average molecular weight is 156 g/mol. The molecule has 1 fully saturated rings. The average Bonchev–Trinajstić information content (AvgIpc) is 2.40. The lowest BCUT2D eigenvalue weighted by molar-refractivity contribution is 0.257. The third-order valence-corrected chi connectivity index (χ3v) is 2.74. The van der Waals surface area contributed by atoms with Crippen LogP contribution in [-0.2, 0) is 9.31 Å². The predicted octanol–water partition coefficient (Wildman–Crippen LogP) is 1.96. The number of hydrogen-bond donors (Lipinski definition) is 0. The van der Waals surface area contributed by atoms with Crippen molar-refractivity contribution >= 4 is 7.12 Å². The highest BCUT2D eigenvalue weighted by molar-refractivity contribution is 6.46. The molecule has 2 atom stereocenters. The van der Waals surface area contributed by atoms with Crippen LogP contribution in [0.1, 0.15) is 26.2 Å². The van der Waals surface area contributed by atoms with E-state index in [1.165, 1.54) is 19.3 Å². The molecule has 0 aromatic carbocycles. The Labute approximate surface area is 69.4 Å². The Morgan fingerprint density at radius 2 is 1.82 bits per heavy atom. The molecule has 0 amide bonds. The summed E-state index contributed by atoms with van der Waals surface area (Å²) < 4.78 is 10.5. The highest BCUT2D eigenvalue weighted by atomic mass is 16.6. The van der Waals surface area contributed by atoms with E-state index >= 15 is 0 Å². The molecule has 1 rings (SSSR count). The van der Waals surface area contributed by atoms with Crippen molar-refractivity contribution in [1.29, 1.82) is 0 Å². The molecule has 0 N–H and O–H groups in total. The Morgan fingerprint density at radius 1 is 1.18 bits per heavy atom. The highest BCUT2D eigenvalue weighted by Gasteiger charge is 2.35. The predicted molar refractivity (Wildman–Crippen MR) is 46.5 cm³/mol. The second-order valence-electron chi connectivity index (χ2n) is 3.41. The van der Waals surface area contributed by atoms with Crippen LogP contribution in [0.5, 0.6) is 0 Å². The van der Waals surface area contributed by atoms with Crippen LogP contribution in [0, 0.1) is 5.92 Å². The van der Waals surface area contributed by atoms with E-state index < -0.39 is 0 Å². The number of hydrogen-bond acceptors (Lipinski definition) is 2. The molecule has 0 unspecified atom stereocenters. The summed E-state index contributed by atoms with van der Waals surface area (Å²) in [5.41, 5.74) is 0. The monoisotopic (exact) mass is 156 g/mol. The van der Waals surface area contributed by atoms with E-state index in [0.717, 1.165) is 5.92 Å². The Balaban J connectivity index is 2.43. The van der Waals surface area contributed by atoms with Gasteiger partial charge in [-0.15, -0.1) is 0 Å². The summed E-state index contributed by atoms with van der Waals surface area (Å²) in [7, 11) is 3.46. The Kier molecular flexibility index (Phi) is 3.40. The van der Waals surface area contributed by atoms with Crippen molar-refractivity contribution in [2.75, 3.05) is 14.2 Å². The smallest absolute Gasteiger partial charge is 0.414 e. The van der Waals surface area contributed by atoms with E-state index in [2.05, 4.69) is 6.92 Å². The van der Waals surface area contributed by atoms with Gasteiger partial charge in [-0.05, 0) is 11.7 Å². The first kappa shape index (κ1) is 9.08. The van der Waals surface area contributed by atoms with E-state index in [-0.39, 0.29) is 7.12 Å².